The molecule has 196 valence electrons. The smallest absolute Gasteiger partial charge is 0.333 e. The molecule has 0 radical (unpaired) electrons. The van der Waals surface area contributed by atoms with Crippen LogP contribution in [0.15, 0.2) is 30.9 Å². The monoisotopic (exact) mass is 563 g/mol. The third-order valence-electron chi connectivity index (χ3n) is 6.70. The third kappa shape index (κ3) is 6.00. The summed E-state index contributed by atoms with van der Waals surface area (Å²) in [5, 5.41) is 8.68. The Bertz CT molecular complexity index is 1430. The van der Waals surface area contributed by atoms with E-state index in [0.717, 1.165) is 40.8 Å². The number of nitrogens with zero attached hydrogens (tertiary/aromatic N) is 3. The van der Waals surface area contributed by atoms with Crippen molar-refractivity contribution in [2.24, 2.45) is 11.1 Å². The van der Waals surface area contributed by atoms with Crippen LogP contribution in [0.2, 0.25) is 5.15 Å². The second-order valence-corrected chi connectivity index (χ2v) is 12.1. The van der Waals surface area contributed by atoms with Crippen molar-refractivity contribution < 1.29 is 22.1 Å². The van der Waals surface area contributed by atoms with Gasteiger partial charge >= 0.3 is 10.3 Å². The van der Waals surface area contributed by atoms with E-state index in [0.29, 0.717) is 34.4 Å². The fraction of sp³-hybridized carbons (Fsp3) is 0.417. The number of aryl methyl sites for hydroxylation is 1. The van der Waals surface area contributed by atoms with Gasteiger partial charge < -0.3 is 10.1 Å². The average molecular weight is 564 g/mol. The summed E-state index contributed by atoms with van der Waals surface area (Å²) in [5.41, 5.74) is 3.36. The molecule has 4 heterocycles. The van der Waals surface area contributed by atoms with Crippen molar-refractivity contribution in [2.75, 3.05) is 18.5 Å². The second kappa shape index (κ2) is 10.7. The number of anilines is 1. The number of hydrogen-bond donors (Lipinski definition) is 2. The van der Waals surface area contributed by atoms with Crippen LogP contribution in [0.1, 0.15) is 62.2 Å². The predicted octanol–water partition coefficient (Wildman–Crippen LogP) is 3.59. The van der Waals surface area contributed by atoms with Gasteiger partial charge in [0.15, 0.2) is 0 Å². The van der Waals surface area contributed by atoms with E-state index in [2.05, 4.69) is 20.3 Å². The molecule has 3 aromatic rings. The zero-order chi connectivity index (χ0) is 26.2. The van der Waals surface area contributed by atoms with Gasteiger partial charge in [-0.3, -0.25) is 8.98 Å². The number of aromatic nitrogens is 3. The minimum Gasteiger partial charge on any atom is -0.368 e. The van der Waals surface area contributed by atoms with Crippen molar-refractivity contribution in [3.05, 3.63) is 68.0 Å². The minimum absolute atomic E-state index is 0.0154. The quantitative estimate of drug-likeness (QED) is 0.310. The van der Waals surface area contributed by atoms with Crippen LogP contribution in [0.4, 0.5) is 5.82 Å². The van der Waals surface area contributed by atoms with E-state index < -0.39 is 10.3 Å². The number of nitrogens with one attached hydrogen (secondary N) is 1. The SMILES string of the molecule is Cc1sc(C(=O)c2cncnc2N[C@H]2CCC(COS(N)(=O)=O)C2)cc1C1OCCc2cnc(Cl)cc21. The number of ether oxygens (including phenoxy) is 1. The normalized spacial score (nSPS) is 21.5. The van der Waals surface area contributed by atoms with Crippen molar-refractivity contribution in [3.63, 3.8) is 0 Å². The summed E-state index contributed by atoms with van der Waals surface area (Å²) in [7, 11) is -3.97. The van der Waals surface area contributed by atoms with E-state index in [-0.39, 0.29) is 30.5 Å². The van der Waals surface area contributed by atoms with Crippen molar-refractivity contribution in [1.82, 2.24) is 15.0 Å². The molecule has 0 aromatic carbocycles. The molecule has 3 atom stereocenters. The van der Waals surface area contributed by atoms with E-state index in [1.807, 2.05) is 19.1 Å². The molecule has 10 nitrogen and oxygen atoms in total. The summed E-state index contributed by atoms with van der Waals surface area (Å²) in [6.45, 7) is 2.57. The number of nitrogens with two attached hydrogens (primary N) is 1. The number of halogens is 1. The molecule has 3 N–H and O–H groups in total. The van der Waals surface area contributed by atoms with Crippen LogP contribution >= 0.6 is 22.9 Å². The predicted molar refractivity (Wildman–Crippen MR) is 139 cm³/mol. The largest absolute Gasteiger partial charge is 0.368 e. The van der Waals surface area contributed by atoms with Gasteiger partial charge in [0.05, 0.1) is 23.7 Å². The minimum atomic E-state index is -3.97. The van der Waals surface area contributed by atoms with Crippen molar-refractivity contribution in [1.29, 1.82) is 0 Å². The lowest BCUT2D eigenvalue weighted by Crippen LogP contribution is -2.22. The number of hydrogen-bond acceptors (Lipinski definition) is 10. The number of carbonyl (C=O) groups excluding carboxylic acids is 1. The first-order valence-corrected chi connectivity index (χ1v) is 14.5. The molecular formula is C24H26ClN5O5S2. The lowest BCUT2D eigenvalue weighted by atomic mass is 9.94. The highest BCUT2D eigenvalue weighted by atomic mass is 35.5. The molecule has 2 aliphatic rings. The topological polar surface area (TPSA) is 146 Å². The van der Waals surface area contributed by atoms with Crippen molar-refractivity contribution in [3.8, 4) is 0 Å². The highest BCUT2D eigenvalue weighted by Gasteiger charge is 2.30. The van der Waals surface area contributed by atoms with Gasteiger partial charge in [-0.1, -0.05) is 11.6 Å². The highest BCUT2D eigenvalue weighted by Crippen LogP contribution is 2.39. The van der Waals surface area contributed by atoms with Gasteiger partial charge in [-0.05, 0) is 67.3 Å². The second-order valence-electron chi connectivity index (χ2n) is 9.24. The highest BCUT2D eigenvalue weighted by molar-refractivity contribution is 7.84. The molecule has 0 saturated heterocycles. The van der Waals surface area contributed by atoms with Gasteiger partial charge in [0.1, 0.15) is 23.4 Å². The third-order valence-corrected chi connectivity index (χ3v) is 8.43. The van der Waals surface area contributed by atoms with Gasteiger partial charge in [0.25, 0.3) is 0 Å². The van der Waals surface area contributed by atoms with E-state index in [9.17, 15) is 13.2 Å². The molecule has 1 aliphatic carbocycles. The van der Waals surface area contributed by atoms with Crippen LogP contribution in [0.25, 0.3) is 0 Å². The first-order valence-electron chi connectivity index (χ1n) is 11.8. The van der Waals surface area contributed by atoms with E-state index in [4.69, 9.17) is 25.7 Å². The fourth-order valence-corrected chi connectivity index (χ4v) is 6.46. The first kappa shape index (κ1) is 26.1. The number of thiophene rings is 1. The maximum absolute atomic E-state index is 13.6. The number of fused-ring (bicyclic) bond motifs is 1. The Morgan fingerprint density at radius 1 is 1.27 bits per heavy atom. The van der Waals surface area contributed by atoms with Gasteiger partial charge in [-0.2, -0.15) is 8.42 Å². The molecule has 0 bridgehead atoms. The van der Waals surface area contributed by atoms with Gasteiger partial charge in [-0.15, -0.1) is 11.3 Å². The Labute approximate surface area is 223 Å². The van der Waals surface area contributed by atoms with Crippen molar-refractivity contribution >= 4 is 44.8 Å². The summed E-state index contributed by atoms with van der Waals surface area (Å²) >= 11 is 7.56. The number of ketones is 1. The maximum Gasteiger partial charge on any atom is 0.333 e. The molecule has 0 amide bonds. The Morgan fingerprint density at radius 2 is 2.11 bits per heavy atom. The molecule has 1 fully saturated rings. The summed E-state index contributed by atoms with van der Waals surface area (Å²) in [5.74, 6) is 0.308. The fourth-order valence-electron chi connectivity index (χ4n) is 4.91. The lowest BCUT2D eigenvalue weighted by Gasteiger charge is -2.26. The standard InChI is InChI=1S/C24H26ClN5O5S2/c1-13-17(23-18-8-21(25)28-9-15(18)4-5-34-23)7-20(36-13)22(31)19-10-27-12-29-24(19)30-16-3-2-14(6-16)11-35-37(26,32)33/h7-10,12,14,16,23H,2-6,11H2,1H3,(H2,26,32,33)(H,27,29,30)/t14?,16-,23?/m0/s1. The zero-order valence-corrected chi connectivity index (χ0v) is 22.4. The Hall–Kier alpha value is -2.48. The van der Waals surface area contributed by atoms with Gasteiger partial charge in [0.2, 0.25) is 5.78 Å². The summed E-state index contributed by atoms with van der Waals surface area (Å²) < 4.78 is 33.0. The summed E-state index contributed by atoms with van der Waals surface area (Å²) in [4.78, 5) is 27.7. The molecule has 2 unspecified atom stereocenters. The molecule has 3 aromatic heterocycles. The van der Waals surface area contributed by atoms with Crippen LogP contribution in [0.3, 0.4) is 0 Å². The molecule has 37 heavy (non-hydrogen) atoms. The molecule has 13 heteroatoms. The lowest BCUT2D eigenvalue weighted by molar-refractivity contribution is 0.0695. The van der Waals surface area contributed by atoms with Crippen LogP contribution < -0.4 is 10.5 Å². The number of pyridine rings is 1. The number of rotatable bonds is 8. The Kier molecular flexibility index (Phi) is 7.57. The van der Waals surface area contributed by atoms with E-state index in [1.165, 1.54) is 23.9 Å². The molecule has 1 saturated carbocycles. The maximum atomic E-state index is 13.6. The van der Waals surface area contributed by atoms with Crippen LogP contribution in [0, 0.1) is 12.8 Å². The van der Waals surface area contributed by atoms with Crippen LogP contribution in [-0.2, 0) is 25.6 Å². The van der Waals surface area contributed by atoms with Crippen LogP contribution in [0.5, 0.6) is 0 Å². The Balaban J connectivity index is 1.34. The van der Waals surface area contributed by atoms with Gasteiger partial charge in [0, 0.05) is 23.3 Å². The van der Waals surface area contributed by atoms with E-state index >= 15 is 0 Å². The van der Waals surface area contributed by atoms with Crippen molar-refractivity contribution in [2.45, 2.75) is 44.8 Å². The Morgan fingerprint density at radius 3 is 2.92 bits per heavy atom. The molecular weight excluding hydrogens is 538 g/mol. The molecule has 1 aliphatic heterocycles. The average Bonchev–Trinajstić information content (AvgIpc) is 3.48. The molecule has 0 spiro atoms. The first-order chi connectivity index (χ1) is 17.7. The zero-order valence-electron chi connectivity index (χ0n) is 20.0. The molecule has 5 rings (SSSR count). The van der Waals surface area contributed by atoms with Crippen LogP contribution in [-0.4, -0.2) is 48.4 Å². The van der Waals surface area contributed by atoms with E-state index in [1.54, 1.807) is 6.20 Å². The summed E-state index contributed by atoms with van der Waals surface area (Å²) in [6.07, 6.45) is 7.37. The summed E-state index contributed by atoms with van der Waals surface area (Å²) in [6, 6.07) is 3.72. The number of carbonyl (C=O) groups is 1. The van der Waals surface area contributed by atoms with Gasteiger partial charge in [-0.25, -0.2) is 20.1 Å².